The van der Waals surface area contributed by atoms with Crippen molar-refractivity contribution in [3.8, 4) is 5.75 Å². The summed E-state index contributed by atoms with van der Waals surface area (Å²) < 4.78 is 15.8. The summed E-state index contributed by atoms with van der Waals surface area (Å²) in [5.41, 5.74) is 7.71. The predicted octanol–water partition coefficient (Wildman–Crippen LogP) is 2.16. The van der Waals surface area contributed by atoms with Gasteiger partial charge in [-0.15, -0.1) is 0 Å². The first-order valence-electron chi connectivity index (χ1n) is 6.97. The number of rotatable bonds is 10. The molecule has 0 aliphatic rings. The van der Waals surface area contributed by atoms with Gasteiger partial charge in [-0.05, 0) is 19.4 Å². The molecule has 20 heavy (non-hydrogen) atoms. The highest BCUT2D eigenvalue weighted by Crippen LogP contribution is 2.25. The Balaban J connectivity index is 2.81. The van der Waals surface area contributed by atoms with Gasteiger partial charge in [0.15, 0.2) is 0 Å². The van der Waals surface area contributed by atoms with Crippen molar-refractivity contribution in [3.63, 3.8) is 0 Å². The Morgan fingerprint density at radius 3 is 2.45 bits per heavy atom. The Hall–Kier alpha value is -1.46. The van der Waals surface area contributed by atoms with E-state index in [9.17, 15) is 0 Å². The summed E-state index contributed by atoms with van der Waals surface area (Å²) in [6.07, 6.45) is 0.957. The first kappa shape index (κ1) is 16.6. The van der Waals surface area contributed by atoms with E-state index in [-0.39, 0.29) is 0 Å². The molecular weight excluding hydrogens is 256 g/mol. The molecule has 0 aromatic heterocycles. The maximum absolute atomic E-state index is 5.95. The Labute approximate surface area is 121 Å². The fourth-order valence-electron chi connectivity index (χ4n) is 2.01. The number of ether oxygens (including phenoxy) is 3. The van der Waals surface area contributed by atoms with E-state index in [2.05, 4.69) is 4.90 Å². The molecule has 0 aliphatic heterocycles. The largest absolute Gasteiger partial charge is 0.494 e. The summed E-state index contributed by atoms with van der Waals surface area (Å²) in [5, 5.41) is 0. The molecule has 0 aliphatic carbocycles. The summed E-state index contributed by atoms with van der Waals surface area (Å²) in [6, 6.07) is 5.82. The number of methoxy groups -OCH3 is 2. The van der Waals surface area contributed by atoms with E-state index in [4.69, 9.17) is 19.9 Å². The van der Waals surface area contributed by atoms with E-state index in [0.717, 1.165) is 37.6 Å². The minimum Gasteiger partial charge on any atom is -0.494 e. The van der Waals surface area contributed by atoms with Gasteiger partial charge in [-0.25, -0.2) is 0 Å². The minimum absolute atomic E-state index is 0.630. The third kappa shape index (κ3) is 5.67. The fourth-order valence-corrected chi connectivity index (χ4v) is 2.01. The van der Waals surface area contributed by atoms with Crippen LogP contribution in [0.25, 0.3) is 0 Å². The number of hydrogen-bond donors (Lipinski definition) is 1. The number of anilines is 2. The maximum Gasteiger partial charge on any atom is 0.123 e. The molecule has 0 amide bonds. The zero-order valence-electron chi connectivity index (χ0n) is 12.7. The maximum atomic E-state index is 5.95. The van der Waals surface area contributed by atoms with Gasteiger partial charge in [-0.3, -0.25) is 0 Å². The van der Waals surface area contributed by atoms with Crippen molar-refractivity contribution >= 4 is 11.4 Å². The van der Waals surface area contributed by atoms with Crippen LogP contribution < -0.4 is 15.4 Å². The molecule has 0 saturated carbocycles. The zero-order chi connectivity index (χ0) is 14.8. The van der Waals surface area contributed by atoms with E-state index in [1.54, 1.807) is 14.2 Å². The van der Waals surface area contributed by atoms with Crippen LogP contribution in [0.3, 0.4) is 0 Å². The number of nitrogens with two attached hydrogens (primary N) is 1. The smallest absolute Gasteiger partial charge is 0.123 e. The number of benzene rings is 1. The van der Waals surface area contributed by atoms with Crippen LogP contribution >= 0.6 is 0 Å². The summed E-state index contributed by atoms with van der Waals surface area (Å²) in [7, 11) is 3.42. The first-order valence-corrected chi connectivity index (χ1v) is 6.97. The van der Waals surface area contributed by atoms with Gasteiger partial charge in [-0.2, -0.15) is 0 Å². The summed E-state index contributed by atoms with van der Waals surface area (Å²) in [5.74, 6) is 0.802. The standard InChI is InChI=1S/C15H26N2O3/c1-4-20-15-11-13(16)10-14(12-15)17(7-9-19-3)6-5-8-18-2/h10-12H,4-9,16H2,1-3H3. The molecule has 0 radical (unpaired) electrons. The lowest BCUT2D eigenvalue weighted by molar-refractivity contribution is 0.191. The molecule has 0 heterocycles. The van der Waals surface area contributed by atoms with Crippen LogP contribution in [0.4, 0.5) is 11.4 Å². The van der Waals surface area contributed by atoms with Gasteiger partial charge in [-0.1, -0.05) is 0 Å². The van der Waals surface area contributed by atoms with Gasteiger partial charge in [0.25, 0.3) is 0 Å². The second kappa shape index (κ2) is 9.44. The second-order valence-electron chi connectivity index (χ2n) is 4.52. The highest BCUT2D eigenvalue weighted by atomic mass is 16.5. The molecule has 5 heteroatoms. The van der Waals surface area contributed by atoms with Crippen molar-refractivity contribution in [2.75, 3.05) is 57.8 Å². The number of hydrogen-bond acceptors (Lipinski definition) is 5. The van der Waals surface area contributed by atoms with Gasteiger partial charge in [0.05, 0.1) is 13.2 Å². The molecule has 2 N–H and O–H groups in total. The second-order valence-corrected chi connectivity index (χ2v) is 4.52. The van der Waals surface area contributed by atoms with Gasteiger partial charge in [0.2, 0.25) is 0 Å². The lowest BCUT2D eigenvalue weighted by Crippen LogP contribution is -2.29. The summed E-state index contributed by atoms with van der Waals surface area (Å²) in [6.45, 7) is 5.71. The van der Waals surface area contributed by atoms with Gasteiger partial charge in [0.1, 0.15) is 5.75 Å². The van der Waals surface area contributed by atoms with Crippen LogP contribution in [0.2, 0.25) is 0 Å². The Morgan fingerprint density at radius 1 is 1.05 bits per heavy atom. The topological polar surface area (TPSA) is 57.0 Å². The molecule has 0 fully saturated rings. The van der Waals surface area contributed by atoms with Gasteiger partial charge < -0.3 is 24.8 Å². The van der Waals surface area contributed by atoms with Crippen LogP contribution in [0.15, 0.2) is 18.2 Å². The number of nitrogens with zero attached hydrogens (tertiary/aromatic N) is 1. The molecular formula is C15H26N2O3. The predicted molar refractivity (Wildman–Crippen MR) is 82.6 cm³/mol. The van der Waals surface area contributed by atoms with Crippen molar-refractivity contribution in [2.45, 2.75) is 13.3 Å². The Bertz CT molecular complexity index is 385. The molecule has 1 rings (SSSR count). The minimum atomic E-state index is 0.630. The third-order valence-corrected chi connectivity index (χ3v) is 2.93. The third-order valence-electron chi connectivity index (χ3n) is 2.93. The monoisotopic (exact) mass is 282 g/mol. The normalized spacial score (nSPS) is 10.6. The van der Waals surface area contributed by atoms with Crippen LogP contribution in [0, 0.1) is 0 Å². The molecule has 5 nitrogen and oxygen atoms in total. The van der Waals surface area contributed by atoms with Crippen molar-refractivity contribution in [3.05, 3.63) is 18.2 Å². The molecule has 1 aromatic carbocycles. The fraction of sp³-hybridized carbons (Fsp3) is 0.600. The van der Waals surface area contributed by atoms with Crippen LogP contribution in [-0.2, 0) is 9.47 Å². The van der Waals surface area contributed by atoms with Crippen molar-refractivity contribution < 1.29 is 14.2 Å². The molecule has 114 valence electrons. The van der Waals surface area contributed by atoms with Crippen molar-refractivity contribution in [1.29, 1.82) is 0 Å². The Morgan fingerprint density at radius 2 is 1.80 bits per heavy atom. The molecule has 0 bridgehead atoms. The van der Waals surface area contributed by atoms with Crippen LogP contribution in [0.5, 0.6) is 5.75 Å². The molecule has 1 aromatic rings. The van der Waals surface area contributed by atoms with Crippen molar-refractivity contribution in [2.24, 2.45) is 0 Å². The lowest BCUT2D eigenvalue weighted by atomic mass is 10.2. The van der Waals surface area contributed by atoms with E-state index >= 15 is 0 Å². The van der Waals surface area contributed by atoms with Gasteiger partial charge >= 0.3 is 0 Å². The molecule has 0 atom stereocenters. The number of nitrogen functional groups attached to an aromatic ring is 1. The SMILES string of the molecule is CCOc1cc(N)cc(N(CCCOC)CCOC)c1. The average Bonchev–Trinajstić information content (AvgIpc) is 2.42. The van der Waals surface area contributed by atoms with E-state index in [0.29, 0.717) is 18.9 Å². The van der Waals surface area contributed by atoms with Gasteiger partial charge in [0, 0.05) is 57.4 Å². The zero-order valence-corrected chi connectivity index (χ0v) is 12.7. The first-order chi connectivity index (χ1) is 9.71. The highest BCUT2D eigenvalue weighted by molar-refractivity contribution is 5.60. The molecule has 0 spiro atoms. The van der Waals surface area contributed by atoms with E-state index in [1.165, 1.54) is 0 Å². The van der Waals surface area contributed by atoms with Crippen LogP contribution in [-0.4, -0.2) is 47.1 Å². The quantitative estimate of drug-likeness (QED) is 0.526. The van der Waals surface area contributed by atoms with Crippen molar-refractivity contribution in [1.82, 2.24) is 0 Å². The summed E-state index contributed by atoms with van der Waals surface area (Å²) in [4.78, 5) is 2.24. The highest BCUT2D eigenvalue weighted by Gasteiger charge is 2.09. The summed E-state index contributed by atoms with van der Waals surface area (Å²) >= 11 is 0. The van der Waals surface area contributed by atoms with E-state index in [1.807, 2.05) is 25.1 Å². The Kier molecular flexibility index (Phi) is 7.84. The molecule has 0 saturated heterocycles. The molecule has 0 unspecified atom stereocenters. The average molecular weight is 282 g/mol. The van der Waals surface area contributed by atoms with Crippen LogP contribution in [0.1, 0.15) is 13.3 Å². The van der Waals surface area contributed by atoms with E-state index < -0.39 is 0 Å². The lowest BCUT2D eigenvalue weighted by Gasteiger charge is -2.25.